The molecule has 1 unspecified atom stereocenters. The van der Waals surface area contributed by atoms with Gasteiger partial charge in [0.15, 0.2) is 6.10 Å². The summed E-state index contributed by atoms with van der Waals surface area (Å²) in [7, 11) is 0. The van der Waals surface area contributed by atoms with Gasteiger partial charge in [-0.05, 0) is 16.7 Å². The highest BCUT2D eigenvalue weighted by molar-refractivity contribution is 5.85. The van der Waals surface area contributed by atoms with Crippen LogP contribution >= 0.6 is 12.4 Å². The first-order chi connectivity index (χ1) is 9.33. The predicted octanol–water partition coefficient (Wildman–Crippen LogP) is 0.743. The summed E-state index contributed by atoms with van der Waals surface area (Å²) in [5.41, 5.74) is 3.79. The minimum atomic E-state index is -0.468. The van der Waals surface area contributed by atoms with Gasteiger partial charge in [-0.1, -0.05) is 18.2 Å². The Bertz CT molecular complexity index is 475. The maximum absolute atomic E-state index is 11.9. The second-order valence-electron chi connectivity index (χ2n) is 4.86. The zero-order chi connectivity index (χ0) is 13.1. The van der Waals surface area contributed by atoms with E-state index in [2.05, 4.69) is 28.8 Å². The van der Waals surface area contributed by atoms with E-state index in [1.54, 1.807) is 0 Å². The van der Waals surface area contributed by atoms with Gasteiger partial charge in [-0.25, -0.2) is 0 Å². The van der Waals surface area contributed by atoms with Crippen LogP contribution in [0.25, 0.3) is 0 Å². The lowest BCUT2D eigenvalue weighted by atomic mass is 10.1. The fraction of sp³-hybridized carbons (Fsp3) is 0.500. The molecule has 1 aromatic rings. The molecule has 0 bridgehead atoms. The Labute approximate surface area is 124 Å². The van der Waals surface area contributed by atoms with Crippen LogP contribution in [0.3, 0.4) is 0 Å². The van der Waals surface area contributed by atoms with Crippen molar-refractivity contribution in [2.45, 2.75) is 25.7 Å². The molecule has 0 radical (unpaired) electrons. The SMILES string of the molecule is Cl.O=C(NCc1ccc2c(c1)CNC2)C1COCCO1. The quantitative estimate of drug-likeness (QED) is 0.864. The number of ether oxygens (including phenoxy) is 2. The molecular formula is C14H19ClN2O3. The van der Waals surface area contributed by atoms with Gasteiger partial charge < -0.3 is 20.1 Å². The van der Waals surface area contributed by atoms with Crippen LogP contribution in [0.2, 0.25) is 0 Å². The van der Waals surface area contributed by atoms with Crippen molar-refractivity contribution in [3.63, 3.8) is 0 Å². The van der Waals surface area contributed by atoms with E-state index in [-0.39, 0.29) is 18.3 Å². The molecule has 1 saturated heterocycles. The molecule has 20 heavy (non-hydrogen) atoms. The molecule has 5 nitrogen and oxygen atoms in total. The van der Waals surface area contributed by atoms with E-state index in [9.17, 15) is 4.79 Å². The third-order valence-corrected chi connectivity index (χ3v) is 3.48. The highest BCUT2D eigenvalue weighted by atomic mass is 35.5. The Hall–Kier alpha value is -1.14. The number of hydrogen-bond acceptors (Lipinski definition) is 4. The molecular weight excluding hydrogens is 280 g/mol. The van der Waals surface area contributed by atoms with Gasteiger partial charge in [-0.2, -0.15) is 0 Å². The van der Waals surface area contributed by atoms with E-state index in [0.29, 0.717) is 26.4 Å². The molecule has 1 fully saturated rings. The molecule has 2 aliphatic rings. The first-order valence-corrected chi connectivity index (χ1v) is 6.61. The average molecular weight is 299 g/mol. The van der Waals surface area contributed by atoms with Crippen LogP contribution in [0.15, 0.2) is 18.2 Å². The summed E-state index contributed by atoms with van der Waals surface area (Å²) in [4.78, 5) is 11.9. The van der Waals surface area contributed by atoms with Crippen LogP contribution in [0.5, 0.6) is 0 Å². The maximum atomic E-state index is 11.9. The Balaban J connectivity index is 0.00000147. The molecule has 1 atom stereocenters. The number of amides is 1. The summed E-state index contributed by atoms with van der Waals surface area (Å²) in [6.45, 7) is 3.79. The molecule has 0 spiro atoms. The van der Waals surface area contributed by atoms with Gasteiger partial charge >= 0.3 is 0 Å². The fourth-order valence-corrected chi connectivity index (χ4v) is 2.40. The van der Waals surface area contributed by atoms with Crippen molar-refractivity contribution in [3.05, 3.63) is 34.9 Å². The monoisotopic (exact) mass is 298 g/mol. The molecule has 6 heteroatoms. The molecule has 0 aromatic heterocycles. The zero-order valence-electron chi connectivity index (χ0n) is 11.2. The van der Waals surface area contributed by atoms with Crippen molar-refractivity contribution >= 4 is 18.3 Å². The Kier molecular flexibility index (Phi) is 5.37. The van der Waals surface area contributed by atoms with Crippen molar-refractivity contribution in [1.82, 2.24) is 10.6 Å². The van der Waals surface area contributed by atoms with Crippen molar-refractivity contribution in [2.24, 2.45) is 0 Å². The lowest BCUT2D eigenvalue weighted by molar-refractivity contribution is -0.147. The van der Waals surface area contributed by atoms with Crippen molar-refractivity contribution < 1.29 is 14.3 Å². The lowest BCUT2D eigenvalue weighted by Gasteiger charge is -2.22. The van der Waals surface area contributed by atoms with E-state index in [1.165, 1.54) is 11.1 Å². The van der Waals surface area contributed by atoms with Gasteiger partial charge in [0.2, 0.25) is 0 Å². The Morgan fingerprint density at radius 3 is 2.95 bits per heavy atom. The van der Waals surface area contributed by atoms with Crippen LogP contribution in [0, 0.1) is 0 Å². The summed E-state index contributed by atoms with van der Waals surface area (Å²) in [5, 5.41) is 6.20. The topological polar surface area (TPSA) is 59.6 Å². The van der Waals surface area contributed by atoms with Gasteiger partial charge in [0, 0.05) is 19.6 Å². The minimum absolute atomic E-state index is 0. The molecule has 2 aliphatic heterocycles. The Morgan fingerprint density at radius 1 is 1.30 bits per heavy atom. The van der Waals surface area contributed by atoms with E-state index in [4.69, 9.17) is 9.47 Å². The Morgan fingerprint density at radius 2 is 2.15 bits per heavy atom. The molecule has 1 aromatic carbocycles. The fourth-order valence-electron chi connectivity index (χ4n) is 2.40. The highest BCUT2D eigenvalue weighted by Crippen LogP contribution is 2.16. The normalized spacial score (nSPS) is 20.9. The second-order valence-corrected chi connectivity index (χ2v) is 4.86. The lowest BCUT2D eigenvalue weighted by Crippen LogP contribution is -2.42. The largest absolute Gasteiger partial charge is 0.376 e. The summed E-state index contributed by atoms with van der Waals surface area (Å²) in [5.74, 6) is -0.0988. The standard InChI is InChI=1S/C14H18N2O3.ClH/c17-14(13-9-18-3-4-19-13)16-6-10-1-2-11-7-15-8-12(11)5-10;/h1-2,5,13,15H,3-4,6-9H2,(H,16,17);1H. The third-order valence-electron chi connectivity index (χ3n) is 3.48. The maximum Gasteiger partial charge on any atom is 0.251 e. The molecule has 3 rings (SSSR count). The smallest absolute Gasteiger partial charge is 0.251 e. The van der Waals surface area contributed by atoms with Crippen molar-refractivity contribution in [1.29, 1.82) is 0 Å². The molecule has 110 valence electrons. The molecule has 0 saturated carbocycles. The zero-order valence-corrected chi connectivity index (χ0v) is 12.0. The molecule has 1 amide bonds. The van der Waals surface area contributed by atoms with Gasteiger partial charge in [-0.3, -0.25) is 4.79 Å². The van der Waals surface area contributed by atoms with Gasteiger partial charge in [0.05, 0.1) is 19.8 Å². The number of halogens is 1. The van der Waals surface area contributed by atoms with E-state index >= 15 is 0 Å². The number of rotatable bonds is 3. The van der Waals surface area contributed by atoms with E-state index in [0.717, 1.165) is 18.7 Å². The molecule has 2 N–H and O–H groups in total. The second kappa shape index (κ2) is 7.04. The van der Waals surface area contributed by atoms with Crippen molar-refractivity contribution in [3.8, 4) is 0 Å². The highest BCUT2D eigenvalue weighted by Gasteiger charge is 2.22. The summed E-state index contributed by atoms with van der Waals surface area (Å²) < 4.78 is 10.6. The van der Waals surface area contributed by atoms with E-state index in [1.807, 2.05) is 0 Å². The molecule has 0 aliphatic carbocycles. The van der Waals surface area contributed by atoms with Crippen LogP contribution in [0.1, 0.15) is 16.7 Å². The number of hydrogen-bond donors (Lipinski definition) is 2. The minimum Gasteiger partial charge on any atom is -0.376 e. The van der Waals surface area contributed by atoms with Crippen molar-refractivity contribution in [2.75, 3.05) is 19.8 Å². The summed E-state index contributed by atoms with van der Waals surface area (Å²) >= 11 is 0. The number of benzene rings is 1. The number of nitrogens with one attached hydrogen (secondary N) is 2. The molecule has 2 heterocycles. The summed E-state index contributed by atoms with van der Waals surface area (Å²) in [6.07, 6.45) is -0.468. The summed E-state index contributed by atoms with van der Waals surface area (Å²) in [6, 6.07) is 6.33. The average Bonchev–Trinajstić information content (AvgIpc) is 2.93. The first kappa shape index (κ1) is 15.3. The van der Waals surface area contributed by atoms with Crippen LogP contribution < -0.4 is 10.6 Å². The number of carbonyl (C=O) groups excluding carboxylic acids is 1. The van der Waals surface area contributed by atoms with Crippen LogP contribution in [-0.4, -0.2) is 31.8 Å². The van der Waals surface area contributed by atoms with Gasteiger partial charge in [0.25, 0.3) is 5.91 Å². The predicted molar refractivity (Wildman–Crippen MR) is 76.6 cm³/mol. The third kappa shape index (κ3) is 3.49. The van der Waals surface area contributed by atoms with Gasteiger partial charge in [0.1, 0.15) is 0 Å². The number of carbonyl (C=O) groups is 1. The van der Waals surface area contributed by atoms with E-state index < -0.39 is 6.10 Å². The van der Waals surface area contributed by atoms with Crippen LogP contribution in [0.4, 0.5) is 0 Å². The van der Waals surface area contributed by atoms with Gasteiger partial charge in [-0.15, -0.1) is 12.4 Å². The number of fused-ring (bicyclic) bond motifs is 1. The van der Waals surface area contributed by atoms with Crippen LogP contribution in [-0.2, 0) is 33.9 Å². The first-order valence-electron chi connectivity index (χ1n) is 6.61.